The molecule has 1 heterocycles. The van der Waals surface area contributed by atoms with Gasteiger partial charge in [0.1, 0.15) is 6.04 Å². The van der Waals surface area contributed by atoms with Crippen LogP contribution >= 0.6 is 0 Å². The molecule has 1 aliphatic rings. The maximum absolute atomic E-state index is 12.0. The van der Waals surface area contributed by atoms with Gasteiger partial charge in [-0.1, -0.05) is 13.8 Å². The normalized spacial score (nSPS) is 19.4. The van der Waals surface area contributed by atoms with E-state index in [1.165, 1.54) is 6.92 Å². The Labute approximate surface area is 127 Å². The van der Waals surface area contributed by atoms with E-state index in [-0.39, 0.29) is 11.8 Å². The molecule has 6 heteroatoms. The number of nitrogens with two attached hydrogens (primary N) is 1. The van der Waals surface area contributed by atoms with Crippen LogP contribution in [-0.2, 0) is 9.59 Å². The third kappa shape index (κ3) is 6.01. The lowest BCUT2D eigenvalue weighted by Gasteiger charge is -2.33. The van der Waals surface area contributed by atoms with Crippen LogP contribution < -0.4 is 11.1 Å². The van der Waals surface area contributed by atoms with Crippen molar-refractivity contribution in [1.29, 1.82) is 0 Å². The number of rotatable bonds is 6. The van der Waals surface area contributed by atoms with Gasteiger partial charge in [0.15, 0.2) is 0 Å². The summed E-state index contributed by atoms with van der Waals surface area (Å²) in [6.45, 7) is 7.59. The van der Waals surface area contributed by atoms with Crippen molar-refractivity contribution in [3.63, 3.8) is 0 Å². The molecule has 1 rings (SSSR count). The predicted octanol–water partition coefficient (Wildman–Crippen LogP) is 0.0954. The van der Waals surface area contributed by atoms with Crippen molar-refractivity contribution in [2.45, 2.75) is 52.2 Å². The van der Waals surface area contributed by atoms with Gasteiger partial charge in [0.25, 0.3) is 0 Å². The number of carbonyl (C=O) groups excluding carboxylic acids is 2. The molecule has 0 bridgehead atoms. The molecule has 1 fully saturated rings. The van der Waals surface area contributed by atoms with E-state index in [1.807, 2.05) is 0 Å². The Morgan fingerprint density at radius 2 is 1.86 bits per heavy atom. The zero-order chi connectivity index (χ0) is 16.0. The molecular weight excluding hydrogens is 270 g/mol. The molecule has 2 amide bonds. The first-order chi connectivity index (χ1) is 9.81. The van der Waals surface area contributed by atoms with E-state index in [1.54, 1.807) is 4.90 Å². The summed E-state index contributed by atoms with van der Waals surface area (Å²) in [6.07, 6.45) is 1.31. The van der Waals surface area contributed by atoms with Gasteiger partial charge in [0.2, 0.25) is 11.8 Å². The van der Waals surface area contributed by atoms with Crippen LogP contribution in [0, 0.1) is 11.8 Å². The molecule has 2 atom stereocenters. The molecule has 0 radical (unpaired) electrons. The van der Waals surface area contributed by atoms with E-state index < -0.39 is 12.1 Å². The molecule has 0 aromatic carbocycles. The lowest BCUT2D eigenvalue weighted by Crippen LogP contribution is -2.51. The number of aliphatic hydroxyl groups excluding tert-OH is 1. The summed E-state index contributed by atoms with van der Waals surface area (Å²) in [5, 5.41) is 12.3. The highest BCUT2D eigenvalue weighted by Gasteiger charge is 2.29. The highest BCUT2D eigenvalue weighted by Crippen LogP contribution is 2.21. The summed E-state index contributed by atoms with van der Waals surface area (Å²) in [6, 6.07) is -0.851. The Kier molecular flexibility index (Phi) is 7.11. The minimum atomic E-state index is -0.851. The molecule has 1 aliphatic heterocycles. The topological polar surface area (TPSA) is 95.7 Å². The van der Waals surface area contributed by atoms with Crippen LogP contribution in [-0.4, -0.2) is 53.6 Å². The number of hydrogen-bond acceptors (Lipinski definition) is 4. The Balaban J connectivity index is 2.32. The zero-order valence-corrected chi connectivity index (χ0v) is 13.3. The quantitative estimate of drug-likeness (QED) is 0.648. The van der Waals surface area contributed by atoms with Gasteiger partial charge >= 0.3 is 0 Å². The van der Waals surface area contributed by atoms with Gasteiger partial charge in [-0.05, 0) is 31.6 Å². The molecule has 0 aliphatic carbocycles. The smallest absolute Gasteiger partial charge is 0.242 e. The minimum Gasteiger partial charge on any atom is -0.391 e. The number of carbonyl (C=O) groups is 2. The number of piperidine rings is 1. The second-order valence-corrected chi connectivity index (χ2v) is 6.44. The second kappa shape index (κ2) is 8.34. The van der Waals surface area contributed by atoms with Gasteiger partial charge in [-0.3, -0.25) is 9.59 Å². The minimum absolute atomic E-state index is 0.0918. The first-order valence-corrected chi connectivity index (χ1v) is 7.80. The standard InChI is InChI=1S/C15H29N3O3/c1-10(2)9-17-13(20)8-12-4-6-18(7-5-12)15(21)14(16)11(3)19/h10-12,14,19H,4-9,16H2,1-3H3,(H,17,20)/t11-,14+/m1/s1. The Morgan fingerprint density at radius 3 is 2.33 bits per heavy atom. The molecule has 0 aromatic rings. The van der Waals surface area contributed by atoms with Gasteiger partial charge in [-0.25, -0.2) is 0 Å². The van der Waals surface area contributed by atoms with Gasteiger partial charge in [0, 0.05) is 26.1 Å². The van der Waals surface area contributed by atoms with E-state index in [4.69, 9.17) is 5.73 Å². The third-order valence-corrected chi connectivity index (χ3v) is 3.91. The van der Waals surface area contributed by atoms with E-state index in [2.05, 4.69) is 19.2 Å². The van der Waals surface area contributed by atoms with Crippen LogP contribution in [0.3, 0.4) is 0 Å². The van der Waals surface area contributed by atoms with Crippen LogP contribution in [0.4, 0.5) is 0 Å². The van der Waals surface area contributed by atoms with Crippen LogP contribution in [0.5, 0.6) is 0 Å². The van der Waals surface area contributed by atoms with Crippen LogP contribution in [0.1, 0.15) is 40.0 Å². The molecule has 21 heavy (non-hydrogen) atoms. The number of aliphatic hydroxyl groups is 1. The average molecular weight is 299 g/mol. The maximum Gasteiger partial charge on any atom is 0.242 e. The summed E-state index contributed by atoms with van der Waals surface area (Å²) < 4.78 is 0. The van der Waals surface area contributed by atoms with Crippen molar-refractivity contribution in [3.8, 4) is 0 Å². The Bertz CT molecular complexity index is 350. The van der Waals surface area contributed by atoms with E-state index in [0.29, 0.717) is 37.9 Å². The number of nitrogens with one attached hydrogen (secondary N) is 1. The molecule has 0 aromatic heterocycles. The lowest BCUT2D eigenvalue weighted by atomic mass is 9.92. The molecule has 1 saturated heterocycles. The highest BCUT2D eigenvalue weighted by molar-refractivity contribution is 5.82. The van der Waals surface area contributed by atoms with Gasteiger partial charge in [-0.15, -0.1) is 0 Å². The van der Waals surface area contributed by atoms with Crippen molar-refractivity contribution in [1.82, 2.24) is 10.2 Å². The lowest BCUT2D eigenvalue weighted by molar-refractivity contribution is -0.136. The van der Waals surface area contributed by atoms with Crippen molar-refractivity contribution in [3.05, 3.63) is 0 Å². The van der Waals surface area contributed by atoms with Crippen LogP contribution in [0.2, 0.25) is 0 Å². The molecule has 6 nitrogen and oxygen atoms in total. The third-order valence-electron chi connectivity index (χ3n) is 3.91. The van der Waals surface area contributed by atoms with Crippen molar-refractivity contribution in [2.24, 2.45) is 17.6 Å². The molecule has 4 N–H and O–H groups in total. The molecular formula is C15H29N3O3. The van der Waals surface area contributed by atoms with Gasteiger partial charge in [-0.2, -0.15) is 0 Å². The molecule has 0 saturated carbocycles. The number of hydrogen-bond donors (Lipinski definition) is 3. The summed E-state index contributed by atoms with van der Waals surface area (Å²) in [4.78, 5) is 25.5. The van der Waals surface area contributed by atoms with Crippen molar-refractivity contribution in [2.75, 3.05) is 19.6 Å². The van der Waals surface area contributed by atoms with Crippen LogP contribution in [0.15, 0.2) is 0 Å². The first kappa shape index (κ1) is 17.9. The first-order valence-electron chi connectivity index (χ1n) is 7.80. The van der Waals surface area contributed by atoms with Gasteiger partial charge in [0.05, 0.1) is 6.10 Å². The van der Waals surface area contributed by atoms with Gasteiger partial charge < -0.3 is 21.1 Å². The summed E-state index contributed by atoms with van der Waals surface area (Å²) in [5.41, 5.74) is 5.67. The van der Waals surface area contributed by atoms with E-state index in [0.717, 1.165) is 12.8 Å². The summed E-state index contributed by atoms with van der Waals surface area (Å²) in [7, 11) is 0. The largest absolute Gasteiger partial charge is 0.391 e. The highest BCUT2D eigenvalue weighted by atomic mass is 16.3. The predicted molar refractivity (Wildman–Crippen MR) is 81.4 cm³/mol. The monoisotopic (exact) mass is 299 g/mol. The van der Waals surface area contributed by atoms with Crippen molar-refractivity contribution < 1.29 is 14.7 Å². The average Bonchev–Trinajstić information content (AvgIpc) is 2.44. The number of nitrogens with zero attached hydrogens (tertiary/aromatic N) is 1. The van der Waals surface area contributed by atoms with Crippen molar-refractivity contribution >= 4 is 11.8 Å². The fraction of sp³-hybridized carbons (Fsp3) is 0.867. The number of amides is 2. The Morgan fingerprint density at radius 1 is 1.29 bits per heavy atom. The molecule has 122 valence electrons. The second-order valence-electron chi connectivity index (χ2n) is 6.44. The number of likely N-dealkylation sites (tertiary alicyclic amines) is 1. The fourth-order valence-corrected chi connectivity index (χ4v) is 2.43. The van der Waals surface area contributed by atoms with E-state index in [9.17, 15) is 14.7 Å². The summed E-state index contributed by atoms with van der Waals surface area (Å²) >= 11 is 0. The fourth-order valence-electron chi connectivity index (χ4n) is 2.43. The summed E-state index contributed by atoms with van der Waals surface area (Å²) in [5.74, 6) is 0.668. The Hall–Kier alpha value is -1.14. The van der Waals surface area contributed by atoms with Crippen LogP contribution in [0.25, 0.3) is 0 Å². The maximum atomic E-state index is 12.0. The zero-order valence-electron chi connectivity index (χ0n) is 13.3. The molecule has 0 spiro atoms. The molecule has 0 unspecified atom stereocenters. The SMILES string of the molecule is CC(C)CNC(=O)CC1CCN(C(=O)[C@@H](N)[C@@H](C)O)CC1. The van der Waals surface area contributed by atoms with E-state index >= 15 is 0 Å².